The lowest BCUT2D eigenvalue weighted by molar-refractivity contribution is -0.116. The fraction of sp³-hybridized carbons (Fsp3) is 0.476. The van der Waals surface area contributed by atoms with Crippen molar-refractivity contribution in [3.8, 4) is 0 Å². The largest absolute Gasteiger partial charge is 0.344 e. The second-order valence-electron chi connectivity index (χ2n) is 8.11. The van der Waals surface area contributed by atoms with E-state index in [-0.39, 0.29) is 11.9 Å². The van der Waals surface area contributed by atoms with Gasteiger partial charge in [-0.05, 0) is 42.4 Å². The third-order valence-electron chi connectivity index (χ3n) is 6.13. The van der Waals surface area contributed by atoms with Gasteiger partial charge in [0.05, 0.1) is 18.1 Å². The van der Waals surface area contributed by atoms with Crippen molar-refractivity contribution in [3.05, 3.63) is 47.2 Å². The molecule has 154 valence electrons. The van der Waals surface area contributed by atoms with E-state index in [0.29, 0.717) is 23.6 Å². The summed E-state index contributed by atoms with van der Waals surface area (Å²) in [5, 5.41) is 8.55. The van der Waals surface area contributed by atoms with Gasteiger partial charge in [-0.2, -0.15) is 9.78 Å². The first-order valence-electron chi connectivity index (χ1n) is 9.97. The Balaban J connectivity index is 1.30. The first-order valence-corrected chi connectivity index (χ1v) is 10.3. The highest BCUT2D eigenvalue weighted by Crippen LogP contribution is 2.38. The normalized spacial score (nSPS) is 23.3. The zero-order chi connectivity index (χ0) is 20.5. The zero-order valence-corrected chi connectivity index (χ0v) is 17.5. The van der Waals surface area contributed by atoms with Crippen LogP contribution in [0.15, 0.2) is 36.7 Å². The molecule has 2 heterocycles. The van der Waals surface area contributed by atoms with Crippen molar-refractivity contribution in [1.82, 2.24) is 20.0 Å². The Morgan fingerprint density at radius 2 is 2.00 bits per heavy atom. The van der Waals surface area contributed by atoms with Gasteiger partial charge in [-0.1, -0.05) is 23.7 Å². The van der Waals surface area contributed by atoms with E-state index in [1.165, 1.54) is 22.1 Å². The van der Waals surface area contributed by atoms with Crippen molar-refractivity contribution < 1.29 is 9.59 Å². The predicted octanol–water partition coefficient (Wildman–Crippen LogP) is 2.99. The van der Waals surface area contributed by atoms with Crippen molar-refractivity contribution in [2.75, 3.05) is 25.0 Å². The Labute approximate surface area is 175 Å². The first kappa shape index (κ1) is 19.9. The van der Waals surface area contributed by atoms with Crippen LogP contribution >= 0.6 is 11.6 Å². The van der Waals surface area contributed by atoms with Gasteiger partial charge in [-0.3, -0.25) is 4.79 Å². The van der Waals surface area contributed by atoms with Crippen molar-refractivity contribution in [1.29, 1.82) is 0 Å². The smallest absolute Gasteiger partial charge is 0.322 e. The van der Waals surface area contributed by atoms with Gasteiger partial charge >= 0.3 is 6.03 Å². The lowest BCUT2D eigenvalue weighted by Crippen LogP contribution is -2.35. The highest BCUT2D eigenvalue weighted by atomic mass is 35.5. The molecule has 2 unspecified atom stereocenters. The Kier molecular flexibility index (Phi) is 5.61. The van der Waals surface area contributed by atoms with Crippen molar-refractivity contribution in [2.24, 2.45) is 11.8 Å². The molecular weight excluding hydrogens is 390 g/mol. The summed E-state index contributed by atoms with van der Waals surface area (Å²) in [5.41, 5.74) is 1.81. The molecule has 7 nitrogen and oxygen atoms in total. The molecule has 1 aliphatic carbocycles. The van der Waals surface area contributed by atoms with Crippen LogP contribution in [0.5, 0.6) is 0 Å². The number of anilines is 1. The number of hydrogen-bond acceptors (Lipinski definition) is 4. The maximum absolute atomic E-state index is 12.8. The fourth-order valence-electron chi connectivity index (χ4n) is 4.45. The van der Waals surface area contributed by atoms with Crippen LogP contribution in [0.3, 0.4) is 0 Å². The number of likely N-dealkylation sites (tertiary alicyclic amines) is 1. The molecule has 1 saturated carbocycles. The molecular formula is C21H26ClN5O2. The van der Waals surface area contributed by atoms with E-state index in [1.54, 1.807) is 19.4 Å². The standard InChI is InChI=1S/C21H26ClN5O2/c1-14(28)25(2)20-10-24-27(13-20)21(29)26-11-16-7-19(8-17(16)12-26)23-9-15-4-3-5-18(22)6-15/h3-6,10,13,16-17,19,23H,7-9,11-12H2,1-2H3/t16-,17?,19?/m1/s1. The summed E-state index contributed by atoms with van der Waals surface area (Å²) in [6.07, 6.45) is 5.32. The molecule has 1 aromatic carbocycles. The van der Waals surface area contributed by atoms with E-state index >= 15 is 0 Å². The van der Waals surface area contributed by atoms with E-state index < -0.39 is 0 Å². The number of hydrogen-bond donors (Lipinski definition) is 1. The van der Waals surface area contributed by atoms with Gasteiger partial charge in [-0.25, -0.2) is 4.79 Å². The van der Waals surface area contributed by atoms with Crippen LogP contribution in [0.4, 0.5) is 10.5 Å². The second-order valence-corrected chi connectivity index (χ2v) is 8.54. The molecule has 0 radical (unpaired) electrons. The molecule has 1 aliphatic heterocycles. The highest BCUT2D eigenvalue weighted by Gasteiger charge is 2.42. The molecule has 1 saturated heterocycles. The summed E-state index contributed by atoms with van der Waals surface area (Å²) in [6, 6.07) is 8.29. The molecule has 0 spiro atoms. The maximum atomic E-state index is 12.8. The third kappa shape index (κ3) is 4.31. The molecule has 0 bridgehead atoms. The lowest BCUT2D eigenvalue weighted by atomic mass is 10.0. The van der Waals surface area contributed by atoms with Gasteiger partial charge in [0, 0.05) is 44.7 Å². The second kappa shape index (κ2) is 8.16. The van der Waals surface area contributed by atoms with E-state index in [4.69, 9.17) is 11.6 Å². The first-order chi connectivity index (χ1) is 13.9. The minimum absolute atomic E-state index is 0.0935. The van der Waals surface area contributed by atoms with Gasteiger partial charge in [0.25, 0.3) is 0 Å². The molecule has 1 aromatic heterocycles. The van der Waals surface area contributed by atoms with Crippen LogP contribution in [0, 0.1) is 11.8 Å². The highest BCUT2D eigenvalue weighted by molar-refractivity contribution is 6.30. The minimum atomic E-state index is -0.119. The van der Waals surface area contributed by atoms with Crippen molar-refractivity contribution >= 4 is 29.2 Å². The molecule has 3 atom stereocenters. The van der Waals surface area contributed by atoms with Gasteiger partial charge in [0.15, 0.2) is 0 Å². The van der Waals surface area contributed by atoms with Crippen LogP contribution in [0.2, 0.25) is 5.02 Å². The molecule has 8 heteroatoms. The fourth-order valence-corrected chi connectivity index (χ4v) is 4.66. The number of aromatic nitrogens is 2. The number of fused-ring (bicyclic) bond motifs is 1. The molecule has 1 N–H and O–H groups in total. The van der Waals surface area contributed by atoms with E-state index in [0.717, 1.165) is 37.5 Å². The molecule has 2 aliphatic rings. The summed E-state index contributed by atoms with van der Waals surface area (Å²) < 4.78 is 1.34. The molecule has 2 amide bonds. The number of rotatable bonds is 4. The predicted molar refractivity (Wildman–Crippen MR) is 112 cm³/mol. The quantitative estimate of drug-likeness (QED) is 0.833. The Morgan fingerprint density at radius 1 is 1.28 bits per heavy atom. The zero-order valence-electron chi connectivity index (χ0n) is 16.7. The van der Waals surface area contributed by atoms with E-state index in [2.05, 4.69) is 16.5 Å². The lowest BCUT2D eigenvalue weighted by Gasteiger charge is -2.19. The SMILES string of the molecule is CC(=O)N(C)c1cnn(C(=O)N2CC3CC(NCc4cccc(Cl)c4)C[C@@H]3C2)c1. The Hall–Kier alpha value is -2.38. The van der Waals surface area contributed by atoms with Crippen molar-refractivity contribution in [3.63, 3.8) is 0 Å². The van der Waals surface area contributed by atoms with Gasteiger partial charge < -0.3 is 15.1 Å². The number of nitrogens with zero attached hydrogens (tertiary/aromatic N) is 4. The number of amides is 2. The summed E-state index contributed by atoms with van der Waals surface area (Å²) in [4.78, 5) is 27.6. The van der Waals surface area contributed by atoms with Gasteiger partial charge in [0.2, 0.25) is 5.91 Å². The topological polar surface area (TPSA) is 70.5 Å². The summed E-state index contributed by atoms with van der Waals surface area (Å²) in [7, 11) is 1.67. The van der Waals surface area contributed by atoms with Crippen LogP contribution in [-0.2, 0) is 11.3 Å². The van der Waals surface area contributed by atoms with E-state index in [9.17, 15) is 9.59 Å². The molecule has 2 aromatic rings. The number of halogens is 1. The number of carbonyl (C=O) groups excluding carboxylic acids is 2. The summed E-state index contributed by atoms with van der Waals surface area (Å²) >= 11 is 6.06. The monoisotopic (exact) mass is 415 g/mol. The maximum Gasteiger partial charge on any atom is 0.344 e. The number of carbonyl (C=O) groups is 2. The Morgan fingerprint density at radius 3 is 2.66 bits per heavy atom. The minimum Gasteiger partial charge on any atom is -0.322 e. The number of nitrogens with one attached hydrogen (secondary N) is 1. The Bertz CT molecular complexity index is 900. The molecule has 29 heavy (non-hydrogen) atoms. The average Bonchev–Trinajstić information content (AvgIpc) is 3.40. The van der Waals surface area contributed by atoms with Crippen LogP contribution in [0.1, 0.15) is 25.3 Å². The summed E-state index contributed by atoms with van der Waals surface area (Å²) in [6.45, 7) is 3.82. The number of benzene rings is 1. The third-order valence-corrected chi connectivity index (χ3v) is 6.37. The van der Waals surface area contributed by atoms with Crippen LogP contribution in [-0.4, -0.2) is 52.8 Å². The average molecular weight is 416 g/mol. The van der Waals surface area contributed by atoms with Gasteiger partial charge in [0.1, 0.15) is 0 Å². The molecule has 2 fully saturated rings. The van der Waals surface area contributed by atoms with E-state index in [1.807, 2.05) is 23.1 Å². The van der Waals surface area contributed by atoms with Gasteiger partial charge in [-0.15, -0.1) is 0 Å². The van der Waals surface area contributed by atoms with Crippen molar-refractivity contribution in [2.45, 2.75) is 32.4 Å². The van der Waals surface area contributed by atoms with Crippen LogP contribution < -0.4 is 10.2 Å². The summed E-state index contributed by atoms with van der Waals surface area (Å²) in [5.74, 6) is 0.945. The molecule has 4 rings (SSSR count). The van der Waals surface area contributed by atoms with Crippen LogP contribution in [0.25, 0.3) is 0 Å².